The fraction of sp³-hybridized carbons (Fsp3) is 0.625. The monoisotopic (exact) mass is 298 g/mol. The molecule has 3 rings (SSSR count). The smallest absolute Gasteiger partial charge is 0.323 e. The molecule has 1 atom stereocenters. The highest BCUT2D eigenvalue weighted by Gasteiger charge is 2.35. The van der Waals surface area contributed by atoms with Crippen molar-refractivity contribution in [1.29, 1.82) is 0 Å². The van der Waals surface area contributed by atoms with Gasteiger partial charge < -0.3 is 5.73 Å². The molecule has 2 aliphatic rings. The Hall–Kier alpha value is -1.07. The SMILES string of the molecule is NC(CN(CC1CC1)C1CC1)c1cccc(C(F)(F)F)c1. The van der Waals surface area contributed by atoms with Crippen molar-refractivity contribution in [2.45, 2.75) is 43.9 Å². The molecule has 2 N–H and O–H groups in total. The Bertz CT molecular complexity index is 493. The molecule has 5 heteroatoms. The summed E-state index contributed by atoms with van der Waals surface area (Å²) in [6, 6.07) is 5.67. The number of alkyl halides is 3. The van der Waals surface area contributed by atoms with Crippen LogP contribution in [0.25, 0.3) is 0 Å². The van der Waals surface area contributed by atoms with E-state index < -0.39 is 11.7 Å². The molecule has 2 nitrogen and oxygen atoms in total. The number of rotatable bonds is 6. The van der Waals surface area contributed by atoms with Crippen LogP contribution in [0.2, 0.25) is 0 Å². The van der Waals surface area contributed by atoms with Gasteiger partial charge in [0, 0.05) is 25.2 Å². The maximum atomic E-state index is 12.8. The minimum Gasteiger partial charge on any atom is -0.323 e. The molecule has 0 radical (unpaired) electrons. The minimum absolute atomic E-state index is 0.355. The van der Waals surface area contributed by atoms with Crippen LogP contribution in [0.15, 0.2) is 24.3 Å². The predicted molar refractivity (Wildman–Crippen MR) is 75.7 cm³/mol. The first-order chi connectivity index (χ1) is 9.93. The molecule has 0 saturated heterocycles. The first kappa shape index (κ1) is 14.9. The van der Waals surface area contributed by atoms with Crippen LogP contribution in [-0.2, 0) is 6.18 Å². The largest absolute Gasteiger partial charge is 0.416 e. The molecular formula is C16H21F3N2. The van der Waals surface area contributed by atoms with Crippen molar-refractivity contribution in [3.63, 3.8) is 0 Å². The summed E-state index contributed by atoms with van der Waals surface area (Å²) in [7, 11) is 0. The Morgan fingerprint density at radius 1 is 1.19 bits per heavy atom. The average Bonchev–Trinajstić information content (AvgIpc) is 3.29. The Morgan fingerprint density at radius 3 is 2.48 bits per heavy atom. The highest BCUT2D eigenvalue weighted by Crippen LogP contribution is 2.36. The number of benzene rings is 1. The summed E-state index contributed by atoms with van der Waals surface area (Å²) in [5.41, 5.74) is 6.12. The Labute approximate surface area is 123 Å². The topological polar surface area (TPSA) is 29.3 Å². The average molecular weight is 298 g/mol. The van der Waals surface area contributed by atoms with E-state index in [1.54, 1.807) is 6.07 Å². The lowest BCUT2D eigenvalue weighted by atomic mass is 10.0. The molecule has 0 spiro atoms. The van der Waals surface area contributed by atoms with Crippen LogP contribution in [-0.4, -0.2) is 24.0 Å². The Balaban J connectivity index is 1.67. The summed E-state index contributed by atoms with van der Waals surface area (Å²) in [5, 5.41) is 0. The molecule has 0 amide bonds. The first-order valence-corrected chi connectivity index (χ1v) is 7.60. The van der Waals surface area contributed by atoms with E-state index >= 15 is 0 Å². The molecule has 0 heterocycles. The number of nitrogens with zero attached hydrogens (tertiary/aromatic N) is 1. The van der Waals surface area contributed by atoms with Crippen LogP contribution in [0.1, 0.15) is 42.9 Å². The lowest BCUT2D eigenvalue weighted by Gasteiger charge is -2.26. The lowest BCUT2D eigenvalue weighted by molar-refractivity contribution is -0.137. The van der Waals surface area contributed by atoms with Crippen molar-refractivity contribution < 1.29 is 13.2 Å². The molecule has 2 fully saturated rings. The second-order valence-electron chi connectivity index (χ2n) is 6.36. The molecule has 0 aromatic heterocycles. The van der Waals surface area contributed by atoms with E-state index in [0.29, 0.717) is 18.2 Å². The maximum absolute atomic E-state index is 12.8. The fourth-order valence-electron chi connectivity index (χ4n) is 2.75. The van der Waals surface area contributed by atoms with E-state index in [1.807, 2.05) is 0 Å². The third kappa shape index (κ3) is 3.98. The number of hydrogen-bond acceptors (Lipinski definition) is 2. The second kappa shape index (κ2) is 5.61. The van der Waals surface area contributed by atoms with Gasteiger partial charge in [-0.05, 0) is 49.3 Å². The van der Waals surface area contributed by atoms with Crippen molar-refractivity contribution in [3.8, 4) is 0 Å². The highest BCUT2D eigenvalue weighted by atomic mass is 19.4. The van der Waals surface area contributed by atoms with E-state index in [4.69, 9.17) is 5.73 Å². The highest BCUT2D eigenvalue weighted by molar-refractivity contribution is 5.28. The fourth-order valence-corrected chi connectivity index (χ4v) is 2.75. The Morgan fingerprint density at radius 2 is 1.90 bits per heavy atom. The number of hydrogen-bond donors (Lipinski definition) is 1. The summed E-state index contributed by atoms with van der Waals surface area (Å²) < 4.78 is 38.3. The Kier molecular flexibility index (Phi) is 3.97. The molecule has 2 aliphatic carbocycles. The lowest BCUT2D eigenvalue weighted by Crippen LogP contribution is -2.35. The van der Waals surface area contributed by atoms with Crippen LogP contribution in [0.3, 0.4) is 0 Å². The summed E-state index contributed by atoms with van der Waals surface area (Å²) >= 11 is 0. The van der Waals surface area contributed by atoms with Crippen LogP contribution in [0.4, 0.5) is 13.2 Å². The van der Waals surface area contributed by atoms with Crippen molar-refractivity contribution in [2.75, 3.05) is 13.1 Å². The van der Waals surface area contributed by atoms with E-state index in [2.05, 4.69) is 4.90 Å². The molecule has 1 unspecified atom stereocenters. The summed E-state index contributed by atoms with van der Waals surface area (Å²) in [6.45, 7) is 1.71. The van der Waals surface area contributed by atoms with Crippen LogP contribution in [0.5, 0.6) is 0 Å². The van der Waals surface area contributed by atoms with Gasteiger partial charge in [0.25, 0.3) is 0 Å². The van der Waals surface area contributed by atoms with Gasteiger partial charge in [-0.2, -0.15) is 13.2 Å². The van der Waals surface area contributed by atoms with Gasteiger partial charge in [-0.3, -0.25) is 4.90 Å². The molecule has 1 aromatic rings. The van der Waals surface area contributed by atoms with E-state index in [9.17, 15) is 13.2 Å². The predicted octanol–water partition coefficient (Wildman–Crippen LogP) is 3.58. The number of halogens is 3. The summed E-state index contributed by atoms with van der Waals surface area (Å²) in [5.74, 6) is 0.777. The van der Waals surface area contributed by atoms with Crippen molar-refractivity contribution in [3.05, 3.63) is 35.4 Å². The zero-order valence-electron chi connectivity index (χ0n) is 11.9. The van der Waals surface area contributed by atoms with Gasteiger partial charge in [0.2, 0.25) is 0 Å². The van der Waals surface area contributed by atoms with Crippen molar-refractivity contribution in [1.82, 2.24) is 4.90 Å². The second-order valence-corrected chi connectivity index (χ2v) is 6.36. The molecule has 116 valence electrons. The van der Waals surface area contributed by atoms with Crippen LogP contribution >= 0.6 is 0 Å². The van der Waals surface area contributed by atoms with Crippen molar-refractivity contribution in [2.24, 2.45) is 11.7 Å². The third-order valence-corrected chi connectivity index (χ3v) is 4.33. The van der Waals surface area contributed by atoms with Gasteiger partial charge in [-0.25, -0.2) is 0 Å². The molecule has 1 aromatic carbocycles. The van der Waals surface area contributed by atoms with E-state index in [1.165, 1.54) is 37.8 Å². The van der Waals surface area contributed by atoms with Crippen LogP contribution in [0, 0.1) is 5.92 Å². The van der Waals surface area contributed by atoms with Gasteiger partial charge in [-0.15, -0.1) is 0 Å². The molecule has 2 saturated carbocycles. The van der Waals surface area contributed by atoms with Gasteiger partial charge in [0.05, 0.1) is 5.56 Å². The molecule has 21 heavy (non-hydrogen) atoms. The molecule has 0 aliphatic heterocycles. The van der Waals surface area contributed by atoms with E-state index in [0.717, 1.165) is 18.5 Å². The number of nitrogens with two attached hydrogens (primary N) is 1. The van der Waals surface area contributed by atoms with Crippen LogP contribution < -0.4 is 5.73 Å². The van der Waals surface area contributed by atoms with E-state index in [-0.39, 0.29) is 6.04 Å². The standard InChI is InChI=1S/C16H21F3N2/c17-16(18,19)13-3-1-2-12(8-13)15(20)10-21(14-6-7-14)9-11-4-5-11/h1-3,8,11,14-15H,4-7,9-10,20H2. The zero-order valence-corrected chi connectivity index (χ0v) is 11.9. The van der Waals surface area contributed by atoms with Gasteiger partial charge >= 0.3 is 6.18 Å². The summed E-state index contributed by atoms with van der Waals surface area (Å²) in [6.07, 6.45) is 0.647. The van der Waals surface area contributed by atoms with Gasteiger partial charge in [0.1, 0.15) is 0 Å². The third-order valence-electron chi connectivity index (χ3n) is 4.33. The van der Waals surface area contributed by atoms with Crippen molar-refractivity contribution >= 4 is 0 Å². The zero-order chi connectivity index (χ0) is 15.0. The first-order valence-electron chi connectivity index (χ1n) is 7.60. The van der Waals surface area contributed by atoms with Gasteiger partial charge in [-0.1, -0.05) is 12.1 Å². The molecular weight excluding hydrogens is 277 g/mol. The normalized spacial score (nSPS) is 20.8. The molecule has 0 bridgehead atoms. The minimum atomic E-state index is -4.31. The summed E-state index contributed by atoms with van der Waals surface area (Å²) in [4.78, 5) is 2.38. The maximum Gasteiger partial charge on any atom is 0.416 e. The quantitative estimate of drug-likeness (QED) is 0.870. The van der Waals surface area contributed by atoms with Gasteiger partial charge in [0.15, 0.2) is 0 Å².